The molecular formula is C49H76FN6O13PS. The number of alkyl halides is 1. The number of amides is 1. The van der Waals surface area contributed by atoms with Crippen LogP contribution in [0.25, 0.3) is 10.6 Å². The summed E-state index contributed by atoms with van der Waals surface area (Å²) >= 11 is 1.25. The van der Waals surface area contributed by atoms with Gasteiger partial charge in [-0.25, -0.2) is 23.7 Å². The lowest BCUT2D eigenvalue weighted by molar-refractivity contribution is -0.296. The van der Waals surface area contributed by atoms with Gasteiger partial charge in [0.2, 0.25) is 5.91 Å². The average molecular weight is 1040 g/mol. The molecule has 1 amide bonds. The molecule has 3 aliphatic rings. The van der Waals surface area contributed by atoms with Crippen molar-refractivity contribution in [3.05, 3.63) is 29.4 Å². The molecule has 0 spiro atoms. The number of aliphatic hydroxyl groups is 2. The summed E-state index contributed by atoms with van der Waals surface area (Å²) < 4.78 is 60.3. The third-order valence-corrected chi connectivity index (χ3v) is 16.0. The molecule has 14 atom stereocenters. The number of carbonyl (C=O) groups is 3. The molecule has 19 nitrogen and oxygen atoms in total. The smallest absolute Gasteiger partial charge is 0.431 e. The first-order valence-electron chi connectivity index (χ1n) is 24.7. The highest BCUT2D eigenvalue weighted by molar-refractivity contribution is 7.54. The average Bonchev–Trinajstić information content (AvgIpc) is 3.77. The van der Waals surface area contributed by atoms with Crippen LogP contribution in [0, 0.1) is 23.7 Å². The fourth-order valence-electron chi connectivity index (χ4n) is 9.97. The number of aliphatic imine (C=N–C) groups is 1. The fourth-order valence-corrected chi connectivity index (χ4v) is 11.6. The number of thiazole rings is 1. The number of hydrogen-bond acceptors (Lipinski definition) is 17. The van der Waals surface area contributed by atoms with Crippen LogP contribution in [0.2, 0.25) is 0 Å². The summed E-state index contributed by atoms with van der Waals surface area (Å²) in [4.78, 5) is 73.5. The molecule has 3 aliphatic heterocycles. The van der Waals surface area contributed by atoms with E-state index in [0.717, 1.165) is 13.3 Å². The molecule has 3 saturated heterocycles. The van der Waals surface area contributed by atoms with E-state index in [1.807, 2.05) is 46.7 Å². The largest absolute Gasteiger partial charge is 0.457 e. The number of hydrogen-bond donors (Lipinski definition) is 4. The Kier molecular flexibility index (Phi) is 20.2. The first-order chi connectivity index (χ1) is 33.3. The van der Waals surface area contributed by atoms with Gasteiger partial charge in [-0.1, -0.05) is 53.1 Å². The number of cyclic esters (lactones) is 1. The number of aliphatic hydroxyl groups excluding tert-OH is 1. The molecule has 22 heteroatoms. The second-order valence-electron chi connectivity index (χ2n) is 20.1. The number of ketones is 1. The van der Waals surface area contributed by atoms with Gasteiger partial charge in [0.1, 0.15) is 28.6 Å². The Hall–Kier alpha value is -3.63. The maximum absolute atomic E-state index is 17.1. The van der Waals surface area contributed by atoms with Crippen molar-refractivity contribution in [2.24, 2.45) is 33.8 Å². The number of rotatable bonds is 15. The number of likely N-dealkylation sites (N-methyl/N-ethyl adjacent to an activating group) is 1. The van der Waals surface area contributed by atoms with Crippen LogP contribution in [0.15, 0.2) is 33.9 Å². The zero-order chi connectivity index (χ0) is 52.6. The highest BCUT2D eigenvalue weighted by atomic mass is 32.1. The Bertz CT molecular complexity index is 2250. The molecule has 3 fully saturated rings. The minimum atomic E-state index is -4.10. The number of aromatic nitrogens is 2. The lowest BCUT2D eigenvalue weighted by atomic mass is 9.68. The number of ether oxygens (including phenoxy) is 4. The van der Waals surface area contributed by atoms with Crippen molar-refractivity contribution in [1.29, 1.82) is 0 Å². The quantitative estimate of drug-likeness (QED) is 0.0444. The van der Waals surface area contributed by atoms with Crippen LogP contribution >= 0.6 is 19.1 Å². The van der Waals surface area contributed by atoms with Gasteiger partial charge in [0.05, 0.1) is 42.4 Å². The van der Waals surface area contributed by atoms with Gasteiger partial charge in [-0.3, -0.25) is 24.2 Å². The standard InChI is InChI=1S/C49H76FN6O13PS/c1-13-16-21-66-70(62,63)55-38-27-71-44(52-38)32-17-18-33(51-24-32)26-65-54-34-19-20-35-30(6)40(53-39(57)15-3)28(4)23-47(8,64-25-34)43(69-45-41(58)36(56(11)12)22-29(5)67-45)31(7)42(59)48(9,50)46(60)68-37(14-2)49(35,10)61/h17-18,24,27-31,35-37,41,43,45,58,61H,13-16,19-23,25-26H2,1-12H3,(H2,55,62,63)/b53-40+,54-34+/t28-,29-,30-,31+,35-,36+,37-,41-,43-,45+,47-,48+,49+/m1/s1. The highest BCUT2D eigenvalue weighted by Gasteiger charge is 2.56. The van der Waals surface area contributed by atoms with E-state index < -0.39 is 103 Å². The number of oxime groups is 1. The Labute approximate surface area is 421 Å². The zero-order valence-corrected chi connectivity index (χ0v) is 45.0. The number of unbranched alkanes of at least 4 members (excludes halogenated alkanes) is 1. The zero-order valence-electron chi connectivity index (χ0n) is 43.3. The minimum Gasteiger partial charge on any atom is -0.457 e. The summed E-state index contributed by atoms with van der Waals surface area (Å²) in [6.45, 7) is 16.2. The monoisotopic (exact) mass is 1040 g/mol. The Morgan fingerprint density at radius 1 is 1.11 bits per heavy atom. The van der Waals surface area contributed by atoms with Crippen molar-refractivity contribution in [2.75, 3.05) is 32.4 Å². The predicted octanol–water partition coefficient (Wildman–Crippen LogP) is 7.46. The van der Waals surface area contributed by atoms with Crippen LogP contribution in [0.4, 0.5) is 10.2 Å². The topological polar surface area (TPSA) is 250 Å². The Balaban J connectivity index is 1.57. The molecule has 2 bridgehead atoms. The number of pyridine rings is 1. The number of halogens is 1. The fraction of sp³-hybridized carbons (Fsp3) is 0.735. The number of fused-ring (bicyclic) bond motifs is 5. The Morgan fingerprint density at radius 3 is 2.46 bits per heavy atom. The summed E-state index contributed by atoms with van der Waals surface area (Å²) in [6, 6.07) is 3.09. The molecule has 0 saturated carbocycles. The van der Waals surface area contributed by atoms with Crippen LogP contribution in [-0.4, -0.2) is 140 Å². The molecule has 2 aromatic heterocycles. The molecule has 2 aromatic rings. The Morgan fingerprint density at radius 2 is 1.83 bits per heavy atom. The predicted molar refractivity (Wildman–Crippen MR) is 266 cm³/mol. The molecule has 1 unspecified atom stereocenters. The van der Waals surface area contributed by atoms with Gasteiger partial charge in [-0.15, -0.1) is 11.3 Å². The first-order valence-corrected chi connectivity index (χ1v) is 27.1. The summed E-state index contributed by atoms with van der Waals surface area (Å²) in [5.41, 5.74) is -4.69. The van der Waals surface area contributed by atoms with Crippen molar-refractivity contribution >= 4 is 54.0 Å². The maximum atomic E-state index is 17.1. The summed E-state index contributed by atoms with van der Waals surface area (Å²) in [5, 5.41) is 33.5. The minimum absolute atomic E-state index is 0.0254. The lowest BCUT2D eigenvalue weighted by Gasteiger charge is -2.48. The van der Waals surface area contributed by atoms with Gasteiger partial charge in [0.25, 0.3) is 5.67 Å². The van der Waals surface area contributed by atoms with E-state index in [1.54, 1.807) is 44.5 Å². The van der Waals surface area contributed by atoms with E-state index in [4.69, 9.17) is 28.3 Å². The third-order valence-electron chi connectivity index (χ3n) is 14.1. The number of nitrogens with one attached hydrogen (secondary N) is 1. The SMILES string of the molecule is CCCCOP(=O)(O)Nc1csc(-c2ccc(CO/N=C3\CC[C@@H]4[C@@H](C)/C(=N/C(=O)CC)[C@H](C)C[C@@](C)(OC3)[C@H](O[C@@H]3O[C@H](C)C[C@H](N(C)C)[C@H]3O)[C@@H](C)C(=O)[C@](C)(F)C(=O)O[C@H](CC)[C@@]4(C)O)nc2)n1. The number of esters is 1. The van der Waals surface area contributed by atoms with Crippen LogP contribution in [-0.2, 0) is 53.9 Å². The van der Waals surface area contributed by atoms with E-state index in [1.165, 1.54) is 25.2 Å². The molecule has 5 rings (SSSR count). The molecular weight excluding hydrogens is 963 g/mol. The van der Waals surface area contributed by atoms with Gasteiger partial charge >= 0.3 is 13.7 Å². The normalized spacial score (nSPS) is 35.6. The van der Waals surface area contributed by atoms with Crippen LogP contribution in [0.5, 0.6) is 0 Å². The van der Waals surface area contributed by atoms with Gasteiger partial charge in [0.15, 0.2) is 18.7 Å². The molecule has 71 heavy (non-hydrogen) atoms. The highest BCUT2D eigenvalue weighted by Crippen LogP contribution is 2.45. The molecule has 0 radical (unpaired) electrons. The van der Waals surface area contributed by atoms with Crippen LogP contribution in [0.3, 0.4) is 0 Å². The van der Waals surface area contributed by atoms with Crippen molar-refractivity contribution < 1.29 is 66.8 Å². The number of Topliss-reactive ketones (excluding diaryl/α,β-unsaturated/α-hetero) is 1. The van der Waals surface area contributed by atoms with Crippen molar-refractivity contribution in [3.63, 3.8) is 0 Å². The van der Waals surface area contributed by atoms with Crippen LogP contribution in [0.1, 0.15) is 126 Å². The second kappa shape index (κ2) is 24.6. The van der Waals surface area contributed by atoms with Crippen molar-refractivity contribution in [3.8, 4) is 10.6 Å². The van der Waals surface area contributed by atoms with E-state index >= 15 is 4.39 Å². The molecule has 398 valence electrons. The van der Waals surface area contributed by atoms with E-state index in [9.17, 15) is 34.1 Å². The van der Waals surface area contributed by atoms with Crippen LogP contribution < -0.4 is 5.09 Å². The second-order valence-corrected chi connectivity index (χ2v) is 22.4. The third kappa shape index (κ3) is 14.4. The number of carbonyl (C=O) groups excluding carboxylic acids is 3. The van der Waals surface area contributed by atoms with Crippen molar-refractivity contribution in [2.45, 2.75) is 181 Å². The van der Waals surface area contributed by atoms with Gasteiger partial charge in [-0.2, -0.15) is 0 Å². The molecule has 5 heterocycles. The number of nitrogens with zero attached hydrogens (tertiary/aromatic N) is 5. The lowest BCUT2D eigenvalue weighted by Crippen LogP contribution is -2.61. The van der Waals surface area contributed by atoms with Gasteiger partial charge in [0, 0.05) is 47.2 Å². The summed E-state index contributed by atoms with van der Waals surface area (Å²) in [5.74, 6) is -6.33. The molecule has 4 N–H and O–H groups in total. The van der Waals surface area contributed by atoms with E-state index in [-0.39, 0.29) is 57.7 Å². The van der Waals surface area contributed by atoms with E-state index in [0.29, 0.717) is 40.5 Å². The molecule has 0 aliphatic carbocycles. The summed E-state index contributed by atoms with van der Waals surface area (Å²) in [7, 11) is -0.466. The molecule has 0 aromatic carbocycles. The maximum Gasteiger partial charge on any atom is 0.431 e. The van der Waals surface area contributed by atoms with Gasteiger partial charge in [-0.05, 0) is 104 Å². The summed E-state index contributed by atoms with van der Waals surface area (Å²) in [6.07, 6.45) is -1.66. The first kappa shape index (κ1) is 58.3. The van der Waals surface area contributed by atoms with E-state index in [2.05, 4.69) is 25.2 Å². The van der Waals surface area contributed by atoms with Crippen molar-refractivity contribution in [1.82, 2.24) is 14.9 Å². The number of anilines is 1. The van der Waals surface area contributed by atoms with Gasteiger partial charge < -0.3 is 43.8 Å².